The average Bonchev–Trinajstić information content (AvgIpc) is 2.39. The Morgan fingerprint density at radius 2 is 2.05 bits per heavy atom. The molecule has 0 unspecified atom stereocenters. The average molecular weight is 297 g/mol. The largest absolute Gasteiger partial charge is 0.508 e. The topological polar surface area (TPSA) is 76.2 Å². The Kier molecular flexibility index (Phi) is 3.93. The smallest absolute Gasteiger partial charge is 0.267 e. The number of rotatable bonds is 3. The van der Waals surface area contributed by atoms with E-state index in [1.165, 1.54) is 18.3 Å². The molecular weight excluding hydrogens is 287 g/mol. The zero-order valence-electron chi connectivity index (χ0n) is 9.73. The van der Waals surface area contributed by atoms with Gasteiger partial charge in [-0.15, -0.1) is 0 Å². The van der Waals surface area contributed by atoms with Crippen molar-refractivity contribution in [3.05, 3.63) is 57.3 Å². The first-order valence-corrected chi connectivity index (χ1v) is 6.15. The zero-order valence-corrected chi connectivity index (χ0v) is 11.2. The molecule has 2 rings (SSSR count). The lowest BCUT2D eigenvalue weighted by Crippen LogP contribution is -2.13. The van der Waals surface area contributed by atoms with Crippen LogP contribution in [-0.2, 0) is 6.42 Å². The van der Waals surface area contributed by atoms with E-state index in [4.69, 9.17) is 28.9 Å². The van der Waals surface area contributed by atoms with Crippen molar-refractivity contribution < 1.29 is 9.90 Å². The highest BCUT2D eigenvalue weighted by Crippen LogP contribution is 2.33. The number of phenols is 1. The van der Waals surface area contributed by atoms with Gasteiger partial charge in [0.1, 0.15) is 11.4 Å². The maximum Gasteiger partial charge on any atom is 0.267 e. The van der Waals surface area contributed by atoms with Crippen molar-refractivity contribution in [2.24, 2.45) is 5.73 Å². The van der Waals surface area contributed by atoms with Crippen LogP contribution >= 0.6 is 23.2 Å². The predicted molar refractivity (Wildman–Crippen MR) is 73.7 cm³/mol. The van der Waals surface area contributed by atoms with Crippen LogP contribution in [0.4, 0.5) is 0 Å². The van der Waals surface area contributed by atoms with Gasteiger partial charge in [0, 0.05) is 18.2 Å². The molecule has 1 aromatic heterocycles. The summed E-state index contributed by atoms with van der Waals surface area (Å²) in [6.07, 6.45) is 1.80. The molecule has 0 bridgehead atoms. The van der Waals surface area contributed by atoms with Crippen LogP contribution in [-0.4, -0.2) is 16.0 Å². The molecule has 19 heavy (non-hydrogen) atoms. The van der Waals surface area contributed by atoms with E-state index in [0.29, 0.717) is 22.0 Å². The number of phenolic OH excluding ortho intramolecular Hbond substituents is 1. The Morgan fingerprint density at radius 3 is 2.74 bits per heavy atom. The maximum absolute atomic E-state index is 11.1. The number of primary amides is 1. The summed E-state index contributed by atoms with van der Waals surface area (Å²) in [7, 11) is 0. The van der Waals surface area contributed by atoms with Crippen LogP contribution in [0.25, 0.3) is 0 Å². The van der Waals surface area contributed by atoms with Gasteiger partial charge in [0.2, 0.25) is 0 Å². The molecule has 0 atom stereocenters. The van der Waals surface area contributed by atoms with Gasteiger partial charge in [-0.1, -0.05) is 23.2 Å². The van der Waals surface area contributed by atoms with Gasteiger partial charge in [-0.3, -0.25) is 9.78 Å². The number of pyridine rings is 1. The predicted octanol–water partition coefficient (Wildman–Crippen LogP) is 2.78. The fourth-order valence-electron chi connectivity index (χ4n) is 1.67. The molecule has 0 spiro atoms. The Hall–Kier alpha value is -1.78. The first-order valence-electron chi connectivity index (χ1n) is 5.39. The highest BCUT2D eigenvalue weighted by atomic mass is 35.5. The minimum atomic E-state index is -0.608. The van der Waals surface area contributed by atoms with E-state index in [-0.39, 0.29) is 11.4 Å². The first kappa shape index (κ1) is 13.6. The Morgan fingerprint density at radius 1 is 1.32 bits per heavy atom. The van der Waals surface area contributed by atoms with Crippen molar-refractivity contribution in [1.29, 1.82) is 0 Å². The summed E-state index contributed by atoms with van der Waals surface area (Å²) in [5.41, 5.74) is 6.57. The number of carbonyl (C=O) groups excluding carboxylic acids is 1. The monoisotopic (exact) mass is 296 g/mol. The molecule has 0 aliphatic heterocycles. The minimum absolute atomic E-state index is 0.0480. The summed E-state index contributed by atoms with van der Waals surface area (Å²) in [5.74, 6) is -0.560. The van der Waals surface area contributed by atoms with E-state index in [1.54, 1.807) is 12.1 Å². The number of carbonyl (C=O) groups is 1. The van der Waals surface area contributed by atoms with Gasteiger partial charge >= 0.3 is 0 Å². The number of nitrogens with two attached hydrogens (primary N) is 1. The highest BCUT2D eigenvalue weighted by Gasteiger charge is 2.12. The third-order valence-electron chi connectivity index (χ3n) is 2.63. The first-order chi connectivity index (χ1) is 8.99. The van der Waals surface area contributed by atoms with Crippen LogP contribution in [0.15, 0.2) is 30.5 Å². The number of benzene rings is 1. The third-order valence-corrected chi connectivity index (χ3v) is 3.47. The van der Waals surface area contributed by atoms with E-state index in [2.05, 4.69) is 4.98 Å². The normalized spacial score (nSPS) is 10.4. The summed E-state index contributed by atoms with van der Waals surface area (Å²) in [6.45, 7) is 0. The van der Waals surface area contributed by atoms with E-state index in [0.717, 1.165) is 5.56 Å². The molecule has 2 aromatic rings. The number of halogens is 2. The van der Waals surface area contributed by atoms with Crippen LogP contribution in [0.1, 0.15) is 21.6 Å². The van der Waals surface area contributed by atoms with Crippen LogP contribution in [0, 0.1) is 0 Å². The van der Waals surface area contributed by atoms with E-state index in [1.807, 2.05) is 0 Å². The summed E-state index contributed by atoms with van der Waals surface area (Å²) >= 11 is 12.0. The Labute approximate surface area is 119 Å². The molecule has 1 heterocycles. The second-order valence-corrected chi connectivity index (χ2v) is 4.73. The lowest BCUT2D eigenvalue weighted by atomic mass is 10.0. The van der Waals surface area contributed by atoms with Crippen molar-refractivity contribution in [2.75, 3.05) is 0 Å². The number of hydrogen-bond acceptors (Lipinski definition) is 3. The second-order valence-electron chi connectivity index (χ2n) is 3.95. The summed E-state index contributed by atoms with van der Waals surface area (Å²) in [6, 6.07) is 6.26. The van der Waals surface area contributed by atoms with Crippen molar-refractivity contribution in [3.8, 4) is 5.75 Å². The number of hydrogen-bond donors (Lipinski definition) is 2. The van der Waals surface area contributed by atoms with E-state index >= 15 is 0 Å². The Bertz CT molecular complexity index is 645. The van der Waals surface area contributed by atoms with Gasteiger partial charge in [-0.05, 0) is 29.8 Å². The molecule has 3 N–H and O–H groups in total. The summed E-state index contributed by atoms with van der Waals surface area (Å²) in [5, 5.41) is 10.5. The molecule has 0 saturated carbocycles. The van der Waals surface area contributed by atoms with E-state index in [9.17, 15) is 9.90 Å². The highest BCUT2D eigenvalue weighted by molar-refractivity contribution is 6.42. The minimum Gasteiger partial charge on any atom is -0.508 e. The van der Waals surface area contributed by atoms with Gasteiger partial charge in [0.15, 0.2) is 0 Å². The molecule has 1 aromatic carbocycles. The number of nitrogens with zero attached hydrogens (tertiary/aromatic N) is 1. The second kappa shape index (κ2) is 5.47. The molecule has 0 saturated heterocycles. The molecule has 0 radical (unpaired) electrons. The molecular formula is C13H10Cl2N2O2. The summed E-state index contributed by atoms with van der Waals surface area (Å²) < 4.78 is 0. The van der Waals surface area contributed by atoms with Gasteiger partial charge in [0.05, 0.1) is 10.0 Å². The number of aromatic hydroxyl groups is 1. The van der Waals surface area contributed by atoms with Crippen molar-refractivity contribution in [3.63, 3.8) is 0 Å². The van der Waals surface area contributed by atoms with Crippen LogP contribution in [0.3, 0.4) is 0 Å². The van der Waals surface area contributed by atoms with E-state index < -0.39 is 5.91 Å². The van der Waals surface area contributed by atoms with Crippen molar-refractivity contribution >= 4 is 29.1 Å². The van der Waals surface area contributed by atoms with Crippen LogP contribution in [0.2, 0.25) is 10.0 Å². The molecule has 0 aliphatic rings. The number of amides is 1. The zero-order chi connectivity index (χ0) is 14.0. The van der Waals surface area contributed by atoms with Gasteiger partial charge < -0.3 is 10.8 Å². The molecule has 0 aliphatic carbocycles. The van der Waals surface area contributed by atoms with Gasteiger partial charge in [0.25, 0.3) is 5.91 Å². The molecule has 6 heteroatoms. The standard InChI is InChI=1S/C13H10Cl2N2O2/c14-9-1-2-11(18)8(12(9)15)5-7-3-4-17-10(6-7)13(16)19/h1-4,6,18H,5H2,(H2,16,19). The quantitative estimate of drug-likeness (QED) is 0.914. The van der Waals surface area contributed by atoms with Crippen molar-refractivity contribution in [1.82, 2.24) is 4.98 Å². The fraction of sp³-hybridized carbons (Fsp3) is 0.0769. The fourth-order valence-corrected chi connectivity index (χ4v) is 2.08. The lowest BCUT2D eigenvalue weighted by Gasteiger charge is -2.09. The Balaban J connectivity index is 2.39. The molecule has 98 valence electrons. The van der Waals surface area contributed by atoms with Crippen molar-refractivity contribution in [2.45, 2.75) is 6.42 Å². The number of aromatic nitrogens is 1. The third kappa shape index (κ3) is 2.97. The molecule has 1 amide bonds. The molecule has 4 nitrogen and oxygen atoms in total. The SMILES string of the molecule is NC(=O)c1cc(Cc2c(O)ccc(Cl)c2Cl)ccn1. The van der Waals surface area contributed by atoms with Crippen LogP contribution < -0.4 is 5.73 Å². The van der Waals surface area contributed by atoms with Gasteiger partial charge in [-0.2, -0.15) is 0 Å². The van der Waals surface area contributed by atoms with Gasteiger partial charge in [-0.25, -0.2) is 0 Å². The lowest BCUT2D eigenvalue weighted by molar-refractivity contribution is 0.0995. The van der Waals surface area contributed by atoms with Crippen LogP contribution in [0.5, 0.6) is 5.75 Å². The molecule has 0 fully saturated rings. The maximum atomic E-state index is 11.1. The summed E-state index contributed by atoms with van der Waals surface area (Å²) in [4.78, 5) is 14.9.